The number of hydrogen-bond donors (Lipinski definition) is 0. The van der Waals surface area contributed by atoms with Crippen LogP contribution in [0.3, 0.4) is 0 Å². The highest BCUT2D eigenvalue weighted by Gasteiger charge is 2.18. The molecule has 0 aliphatic rings. The quantitative estimate of drug-likeness (QED) is 0.175. The molecule has 1 aromatic heterocycles. The fourth-order valence-corrected chi connectivity index (χ4v) is 7.55. The summed E-state index contributed by atoms with van der Waals surface area (Å²) < 4.78 is 6.16. The first-order valence-electron chi connectivity index (χ1n) is 17.1. The van der Waals surface area contributed by atoms with E-state index < -0.39 is 0 Å². The monoisotopic (exact) mass is 637 g/mol. The van der Waals surface area contributed by atoms with E-state index in [2.05, 4.69) is 181 Å². The molecule has 0 spiro atoms. The molecule has 9 aromatic carbocycles. The summed E-state index contributed by atoms with van der Waals surface area (Å²) in [4.78, 5) is 2.39. The molecular formula is C48H31NO. The van der Waals surface area contributed by atoms with Gasteiger partial charge in [0, 0.05) is 27.7 Å². The highest BCUT2D eigenvalue weighted by atomic mass is 16.3. The second kappa shape index (κ2) is 11.5. The van der Waals surface area contributed by atoms with Crippen molar-refractivity contribution in [2.24, 2.45) is 0 Å². The summed E-state index contributed by atoms with van der Waals surface area (Å²) in [6.45, 7) is 0. The lowest BCUT2D eigenvalue weighted by atomic mass is 9.98. The maximum absolute atomic E-state index is 6.16. The van der Waals surface area contributed by atoms with Gasteiger partial charge < -0.3 is 9.32 Å². The normalized spacial score (nSPS) is 11.6. The van der Waals surface area contributed by atoms with Crippen molar-refractivity contribution >= 4 is 71.3 Å². The van der Waals surface area contributed by atoms with Gasteiger partial charge in [-0.2, -0.15) is 0 Å². The maximum Gasteiger partial charge on any atom is 0.136 e. The first kappa shape index (κ1) is 28.4. The second-order valence-electron chi connectivity index (χ2n) is 13.0. The minimum absolute atomic E-state index is 0.923. The molecule has 0 fully saturated rings. The summed E-state index contributed by atoms with van der Waals surface area (Å²) in [5, 5.41) is 9.68. The maximum atomic E-state index is 6.16. The Morgan fingerprint density at radius 3 is 1.90 bits per heavy atom. The molecule has 10 aromatic rings. The van der Waals surface area contributed by atoms with Gasteiger partial charge in [-0.15, -0.1) is 0 Å². The predicted octanol–water partition coefficient (Wildman–Crippen LogP) is 13.8. The molecule has 2 heteroatoms. The first-order valence-corrected chi connectivity index (χ1v) is 17.1. The minimum Gasteiger partial charge on any atom is -0.456 e. The number of rotatable bonds is 5. The van der Waals surface area contributed by atoms with Gasteiger partial charge in [0.2, 0.25) is 0 Å². The molecule has 2 nitrogen and oxygen atoms in total. The van der Waals surface area contributed by atoms with E-state index in [-0.39, 0.29) is 0 Å². The molecule has 10 rings (SSSR count). The molecule has 0 aliphatic carbocycles. The Morgan fingerprint density at radius 1 is 0.320 bits per heavy atom. The Hall–Kier alpha value is -6.64. The lowest BCUT2D eigenvalue weighted by molar-refractivity contribution is 0.669. The molecule has 0 saturated carbocycles. The van der Waals surface area contributed by atoms with E-state index in [9.17, 15) is 0 Å². The summed E-state index contributed by atoms with van der Waals surface area (Å²) in [6.07, 6.45) is 0. The van der Waals surface area contributed by atoms with E-state index in [1.807, 2.05) is 12.1 Å². The van der Waals surface area contributed by atoms with Crippen molar-refractivity contribution in [3.8, 4) is 22.3 Å². The van der Waals surface area contributed by atoms with Gasteiger partial charge in [0.25, 0.3) is 0 Å². The van der Waals surface area contributed by atoms with Crippen molar-refractivity contribution in [1.82, 2.24) is 0 Å². The van der Waals surface area contributed by atoms with Gasteiger partial charge in [-0.25, -0.2) is 0 Å². The average Bonchev–Trinajstić information content (AvgIpc) is 3.55. The lowest BCUT2D eigenvalue weighted by Gasteiger charge is -2.28. The van der Waals surface area contributed by atoms with Crippen molar-refractivity contribution in [3.63, 3.8) is 0 Å². The smallest absolute Gasteiger partial charge is 0.136 e. The van der Waals surface area contributed by atoms with Gasteiger partial charge in [0.15, 0.2) is 0 Å². The van der Waals surface area contributed by atoms with Crippen molar-refractivity contribution < 1.29 is 4.42 Å². The molecule has 234 valence electrons. The third-order valence-electron chi connectivity index (χ3n) is 10.0. The number of anilines is 3. The van der Waals surface area contributed by atoms with Crippen LogP contribution in [0.5, 0.6) is 0 Å². The zero-order valence-corrected chi connectivity index (χ0v) is 27.3. The summed E-state index contributed by atoms with van der Waals surface area (Å²) in [6, 6.07) is 67.7. The number of hydrogen-bond acceptors (Lipinski definition) is 2. The first-order chi connectivity index (χ1) is 24.8. The molecule has 0 amide bonds. The van der Waals surface area contributed by atoms with Gasteiger partial charge in [-0.1, -0.05) is 133 Å². The van der Waals surface area contributed by atoms with Crippen molar-refractivity contribution in [2.45, 2.75) is 0 Å². The van der Waals surface area contributed by atoms with E-state index in [0.717, 1.165) is 39.0 Å². The molecule has 0 unspecified atom stereocenters. The van der Waals surface area contributed by atoms with Crippen LogP contribution in [0.1, 0.15) is 0 Å². The number of benzene rings is 9. The Bertz CT molecular complexity index is 2870. The summed E-state index contributed by atoms with van der Waals surface area (Å²) in [5.41, 5.74) is 9.93. The summed E-state index contributed by atoms with van der Waals surface area (Å²) in [7, 11) is 0. The summed E-state index contributed by atoms with van der Waals surface area (Å²) >= 11 is 0. The molecule has 0 radical (unpaired) electrons. The lowest BCUT2D eigenvalue weighted by Crippen LogP contribution is -2.11. The van der Waals surface area contributed by atoms with Crippen LogP contribution in [0.4, 0.5) is 17.1 Å². The third kappa shape index (κ3) is 4.73. The standard InChI is InChI=1S/C48H31NO/c1-2-10-33(11-3-1)43-14-6-8-16-46(43)49(40-26-27-42-37(29-40)21-18-34-12-4-5-13-41(34)42)39-24-22-32(23-25-39)35-19-20-36-31-48-45(30-38(36)28-35)44-15-7-9-17-47(44)50-48/h1-31H. The Balaban J connectivity index is 1.10. The van der Waals surface area contributed by atoms with Gasteiger partial charge in [-0.05, 0) is 104 Å². The number of furan rings is 1. The summed E-state index contributed by atoms with van der Waals surface area (Å²) in [5.74, 6) is 0. The fraction of sp³-hybridized carbons (Fsp3) is 0. The van der Waals surface area contributed by atoms with E-state index in [4.69, 9.17) is 4.42 Å². The third-order valence-corrected chi connectivity index (χ3v) is 10.0. The Morgan fingerprint density at radius 2 is 1.00 bits per heavy atom. The predicted molar refractivity (Wildman–Crippen MR) is 212 cm³/mol. The molecule has 0 N–H and O–H groups in total. The van der Waals surface area contributed by atoms with Gasteiger partial charge in [-0.3, -0.25) is 0 Å². The zero-order valence-electron chi connectivity index (χ0n) is 27.3. The molecule has 0 atom stereocenters. The van der Waals surface area contributed by atoms with Crippen molar-refractivity contribution in [1.29, 1.82) is 0 Å². The molecule has 0 saturated heterocycles. The largest absolute Gasteiger partial charge is 0.456 e. The zero-order chi connectivity index (χ0) is 33.0. The van der Waals surface area contributed by atoms with E-state index in [1.54, 1.807) is 0 Å². The topological polar surface area (TPSA) is 16.4 Å². The van der Waals surface area contributed by atoms with Gasteiger partial charge in [0.05, 0.1) is 5.69 Å². The van der Waals surface area contributed by atoms with Crippen LogP contribution in [0.25, 0.3) is 76.5 Å². The Kier molecular flexibility index (Phi) is 6.53. The van der Waals surface area contributed by atoms with Crippen molar-refractivity contribution in [2.75, 3.05) is 4.90 Å². The van der Waals surface area contributed by atoms with E-state index in [0.29, 0.717) is 0 Å². The highest BCUT2D eigenvalue weighted by molar-refractivity contribution is 6.11. The SMILES string of the molecule is c1ccc(-c2ccccc2N(c2ccc(-c3ccc4cc5oc6ccccc6c5cc4c3)cc2)c2ccc3c(ccc4ccccc43)c2)cc1. The molecular weight excluding hydrogens is 607 g/mol. The Labute approximate surface area is 290 Å². The second-order valence-corrected chi connectivity index (χ2v) is 13.0. The average molecular weight is 638 g/mol. The van der Waals surface area contributed by atoms with Gasteiger partial charge in [0.1, 0.15) is 11.2 Å². The molecule has 50 heavy (non-hydrogen) atoms. The van der Waals surface area contributed by atoms with E-state index >= 15 is 0 Å². The number of nitrogens with zero attached hydrogens (tertiary/aromatic N) is 1. The van der Waals surface area contributed by atoms with Crippen LogP contribution >= 0.6 is 0 Å². The fourth-order valence-electron chi connectivity index (χ4n) is 7.55. The van der Waals surface area contributed by atoms with Crippen LogP contribution in [0.2, 0.25) is 0 Å². The van der Waals surface area contributed by atoms with Crippen LogP contribution < -0.4 is 4.90 Å². The van der Waals surface area contributed by atoms with Crippen molar-refractivity contribution in [3.05, 3.63) is 188 Å². The molecule has 0 bridgehead atoms. The molecule has 0 aliphatic heterocycles. The molecule has 1 heterocycles. The van der Waals surface area contributed by atoms with Crippen LogP contribution in [-0.4, -0.2) is 0 Å². The minimum atomic E-state index is 0.923. The van der Waals surface area contributed by atoms with Crippen LogP contribution in [-0.2, 0) is 0 Å². The highest BCUT2D eigenvalue weighted by Crippen LogP contribution is 2.43. The van der Waals surface area contributed by atoms with E-state index in [1.165, 1.54) is 54.6 Å². The van der Waals surface area contributed by atoms with Crippen LogP contribution in [0, 0.1) is 0 Å². The van der Waals surface area contributed by atoms with Crippen LogP contribution in [0.15, 0.2) is 192 Å². The number of fused-ring (bicyclic) bond motifs is 7. The van der Waals surface area contributed by atoms with Gasteiger partial charge >= 0.3 is 0 Å². The number of para-hydroxylation sites is 2.